The van der Waals surface area contributed by atoms with Gasteiger partial charge in [0, 0.05) is 12.6 Å². The van der Waals surface area contributed by atoms with Gasteiger partial charge in [-0.1, -0.05) is 11.6 Å². The predicted molar refractivity (Wildman–Crippen MR) is 121 cm³/mol. The molecule has 2 aliphatic heterocycles. The number of nitrogens with zero attached hydrogens (tertiary/aromatic N) is 3. The highest BCUT2D eigenvalue weighted by Crippen LogP contribution is 2.44. The molecular formula is C21H25BrClFN4O4. The van der Waals surface area contributed by atoms with Crippen LogP contribution in [0.3, 0.4) is 0 Å². The number of rotatable bonds is 3. The first-order valence-electron chi connectivity index (χ1n) is 10.4. The minimum absolute atomic E-state index is 0.00541. The monoisotopic (exact) mass is 530 g/mol. The zero-order valence-corrected chi connectivity index (χ0v) is 20.5. The number of ether oxygens (including phenoxy) is 2. The average Bonchev–Trinajstić information content (AvgIpc) is 3.01. The van der Waals surface area contributed by atoms with Crippen molar-refractivity contribution in [2.24, 2.45) is 0 Å². The third-order valence-corrected chi connectivity index (χ3v) is 7.14. The van der Waals surface area contributed by atoms with Gasteiger partial charge in [-0.05, 0) is 56.5 Å². The Morgan fingerprint density at radius 1 is 1.41 bits per heavy atom. The fourth-order valence-electron chi connectivity index (χ4n) is 4.48. The van der Waals surface area contributed by atoms with Crippen LogP contribution in [0.4, 0.5) is 9.18 Å². The van der Waals surface area contributed by atoms with E-state index in [2.05, 4.69) is 31.2 Å². The Morgan fingerprint density at radius 3 is 2.81 bits per heavy atom. The summed E-state index contributed by atoms with van der Waals surface area (Å²) in [6.07, 6.45) is 1.89. The molecule has 3 heterocycles. The molecule has 174 valence electrons. The van der Waals surface area contributed by atoms with Crippen LogP contribution in [0.25, 0.3) is 10.9 Å². The number of carbonyl (C=O) groups is 1. The van der Waals surface area contributed by atoms with Crippen molar-refractivity contribution in [1.82, 2.24) is 20.2 Å². The van der Waals surface area contributed by atoms with Crippen LogP contribution in [-0.4, -0.2) is 62.4 Å². The lowest BCUT2D eigenvalue weighted by Gasteiger charge is -2.43. The molecule has 2 N–H and O–H groups in total. The summed E-state index contributed by atoms with van der Waals surface area (Å²) >= 11 is 9.52. The molecule has 2 saturated heterocycles. The summed E-state index contributed by atoms with van der Waals surface area (Å²) in [4.78, 5) is 22.3. The summed E-state index contributed by atoms with van der Waals surface area (Å²) < 4.78 is 26.4. The number of hydrogen-bond donors (Lipinski definition) is 2. The Balaban J connectivity index is 1.64. The average molecular weight is 532 g/mol. The topological polar surface area (TPSA) is 96.8 Å². The molecule has 1 aromatic carbocycles. The Bertz CT molecular complexity index is 1070. The minimum Gasteiger partial charge on any atom is -0.493 e. The lowest BCUT2D eigenvalue weighted by Crippen LogP contribution is -2.64. The maximum atomic E-state index is 14.7. The number of benzene rings is 1. The van der Waals surface area contributed by atoms with Crippen LogP contribution in [0.5, 0.6) is 11.6 Å². The molecule has 0 radical (unpaired) electrons. The lowest BCUT2D eigenvalue weighted by molar-refractivity contribution is -0.00463. The third-order valence-electron chi connectivity index (χ3n) is 5.81. The maximum Gasteiger partial charge on any atom is 0.410 e. The molecule has 11 heteroatoms. The molecule has 2 aromatic rings. The van der Waals surface area contributed by atoms with Gasteiger partial charge in [0.05, 0.1) is 16.6 Å². The van der Waals surface area contributed by atoms with Crippen LogP contribution in [-0.2, 0) is 4.74 Å². The normalized spacial score (nSPS) is 24.0. The van der Waals surface area contributed by atoms with E-state index in [0.717, 1.165) is 19.2 Å². The number of fused-ring (bicyclic) bond motifs is 3. The molecule has 1 aromatic heterocycles. The highest BCUT2D eigenvalue weighted by Gasteiger charge is 2.48. The van der Waals surface area contributed by atoms with Crippen molar-refractivity contribution in [3.63, 3.8) is 0 Å². The van der Waals surface area contributed by atoms with Crippen LogP contribution >= 0.6 is 27.5 Å². The zero-order chi connectivity index (χ0) is 23.4. The maximum absolute atomic E-state index is 14.7. The number of aromatic nitrogens is 2. The predicted octanol–water partition coefficient (Wildman–Crippen LogP) is 4.40. The van der Waals surface area contributed by atoms with Crippen LogP contribution in [0, 0.1) is 5.82 Å². The second kappa shape index (κ2) is 8.46. The van der Waals surface area contributed by atoms with Gasteiger partial charge in [0.25, 0.3) is 0 Å². The molecule has 0 saturated carbocycles. The van der Waals surface area contributed by atoms with E-state index in [1.165, 1.54) is 0 Å². The molecular weight excluding hydrogens is 507 g/mol. The number of nitrogens with one attached hydrogen (secondary N) is 1. The van der Waals surface area contributed by atoms with Crippen molar-refractivity contribution in [1.29, 1.82) is 0 Å². The van der Waals surface area contributed by atoms with Gasteiger partial charge in [-0.15, -0.1) is 0 Å². The van der Waals surface area contributed by atoms with E-state index in [4.69, 9.17) is 21.1 Å². The van der Waals surface area contributed by atoms with E-state index in [1.807, 2.05) is 27.7 Å². The quantitative estimate of drug-likeness (QED) is 0.567. The number of aromatic hydroxyl groups is 1. The summed E-state index contributed by atoms with van der Waals surface area (Å²) in [7, 11) is 0. The molecule has 4 rings (SSSR count). The number of piperazine rings is 1. The third kappa shape index (κ3) is 4.08. The molecule has 32 heavy (non-hydrogen) atoms. The molecule has 0 unspecified atom stereocenters. The molecule has 2 bridgehead atoms. The van der Waals surface area contributed by atoms with Crippen LogP contribution in [0.15, 0.2) is 10.8 Å². The fraction of sp³-hybridized carbons (Fsp3) is 0.571. The number of hydrogen-bond acceptors (Lipinski definition) is 7. The van der Waals surface area contributed by atoms with Crippen molar-refractivity contribution in [3.05, 3.63) is 21.6 Å². The van der Waals surface area contributed by atoms with Gasteiger partial charge in [-0.2, -0.15) is 0 Å². The van der Waals surface area contributed by atoms with Crippen LogP contribution in [0.1, 0.15) is 40.5 Å². The molecule has 8 nitrogen and oxygen atoms in total. The van der Waals surface area contributed by atoms with E-state index >= 15 is 0 Å². The second-order valence-corrected chi connectivity index (χ2v) is 10.3. The van der Waals surface area contributed by atoms with Crippen molar-refractivity contribution >= 4 is 44.5 Å². The molecule has 0 aliphatic carbocycles. The zero-order valence-electron chi connectivity index (χ0n) is 18.2. The summed E-state index contributed by atoms with van der Waals surface area (Å²) in [5.41, 5.74) is -0.701. The van der Waals surface area contributed by atoms with E-state index in [-0.39, 0.29) is 50.4 Å². The van der Waals surface area contributed by atoms with Crippen molar-refractivity contribution in [2.45, 2.75) is 70.4 Å². The van der Waals surface area contributed by atoms with Gasteiger partial charge < -0.3 is 19.9 Å². The molecule has 0 spiro atoms. The highest BCUT2D eigenvalue weighted by molar-refractivity contribution is 9.10. The highest BCUT2D eigenvalue weighted by atomic mass is 79.9. The van der Waals surface area contributed by atoms with E-state index in [9.17, 15) is 14.3 Å². The van der Waals surface area contributed by atoms with Gasteiger partial charge in [0.15, 0.2) is 11.6 Å². The standard InChI is InChI=1S/C21H25BrClFN4O4/c1-9(16-11-6-5-10(7-25-16)28(11)20(30)32-21(2,3)4)31-18-12-17(26-8-27-19(12)29)15(24)13(22)14(18)23/h8-11,16,25H,5-7H2,1-4H3,(H,26,27,29)/t9-,10+,11-,16+/m0/s1. The van der Waals surface area contributed by atoms with Crippen LogP contribution < -0.4 is 10.1 Å². The minimum atomic E-state index is -0.715. The largest absolute Gasteiger partial charge is 0.493 e. The summed E-state index contributed by atoms with van der Waals surface area (Å²) in [5.74, 6) is -1.07. The summed E-state index contributed by atoms with van der Waals surface area (Å²) in [5, 5.41) is 13.7. The first kappa shape index (κ1) is 23.3. The fourth-order valence-corrected chi connectivity index (χ4v) is 5.07. The van der Waals surface area contributed by atoms with Crippen molar-refractivity contribution < 1.29 is 23.8 Å². The van der Waals surface area contributed by atoms with E-state index in [0.29, 0.717) is 6.54 Å². The van der Waals surface area contributed by atoms with Crippen molar-refractivity contribution in [2.75, 3.05) is 6.54 Å². The van der Waals surface area contributed by atoms with E-state index < -0.39 is 23.4 Å². The lowest BCUT2D eigenvalue weighted by atomic mass is 10.00. The van der Waals surface area contributed by atoms with Gasteiger partial charge >= 0.3 is 6.09 Å². The number of halogens is 3. The second-order valence-electron chi connectivity index (χ2n) is 9.14. The molecule has 2 aliphatic rings. The van der Waals surface area contributed by atoms with Crippen LogP contribution in [0.2, 0.25) is 5.02 Å². The summed E-state index contributed by atoms with van der Waals surface area (Å²) in [6.45, 7) is 7.96. The SMILES string of the molecule is C[C@H](Oc1c(Cl)c(Br)c(F)c2ncnc(O)c12)[C@H]1NC[C@H]2CC[C@@H]1N2C(=O)OC(C)(C)C. The van der Waals surface area contributed by atoms with Gasteiger partial charge in [-0.25, -0.2) is 19.2 Å². The Hall–Kier alpha value is -1.91. The first-order chi connectivity index (χ1) is 15.0. The Kier molecular flexibility index (Phi) is 6.15. The number of carbonyl (C=O) groups excluding carboxylic acids is 1. The number of amides is 1. The summed E-state index contributed by atoms with van der Waals surface area (Å²) in [6, 6.07) is -0.319. The Morgan fingerprint density at radius 2 is 2.12 bits per heavy atom. The molecule has 1 amide bonds. The smallest absolute Gasteiger partial charge is 0.410 e. The van der Waals surface area contributed by atoms with E-state index in [1.54, 1.807) is 4.90 Å². The van der Waals surface area contributed by atoms with Crippen molar-refractivity contribution in [3.8, 4) is 11.6 Å². The Labute approximate surface area is 198 Å². The van der Waals surface area contributed by atoms with Gasteiger partial charge in [-0.3, -0.25) is 4.90 Å². The first-order valence-corrected chi connectivity index (χ1v) is 11.6. The van der Waals surface area contributed by atoms with Gasteiger partial charge in [0.1, 0.15) is 34.0 Å². The van der Waals surface area contributed by atoms with Gasteiger partial charge in [0.2, 0.25) is 5.88 Å². The molecule has 4 atom stereocenters. The molecule has 2 fully saturated rings.